The molecule has 0 aromatic carbocycles. The van der Waals surface area contributed by atoms with Crippen LogP contribution in [-0.4, -0.2) is 14.9 Å². The zero-order chi connectivity index (χ0) is 9.07. The summed E-state index contributed by atoms with van der Waals surface area (Å²) >= 11 is 18.9. The van der Waals surface area contributed by atoms with Gasteiger partial charge in [0.25, 0.3) is 0 Å². The third-order valence-electron chi connectivity index (χ3n) is 0.797. The van der Waals surface area contributed by atoms with Gasteiger partial charge in [0.2, 0.25) is 0 Å². The van der Waals surface area contributed by atoms with E-state index >= 15 is 0 Å². The molecule has 11 heavy (non-hydrogen) atoms. The lowest BCUT2D eigenvalue weighted by atomic mass is 10.2. The van der Waals surface area contributed by atoms with Crippen molar-refractivity contribution in [3.05, 3.63) is 10.6 Å². The molecule has 0 aliphatic rings. The van der Waals surface area contributed by atoms with Crippen molar-refractivity contribution in [3.63, 3.8) is 0 Å². The number of halogens is 4. The smallest absolute Gasteiger partial charge is 0.332 e. The van der Waals surface area contributed by atoms with Crippen LogP contribution in [0.1, 0.15) is 6.42 Å². The second-order valence-corrected chi connectivity index (χ2v) is 4.71. The van der Waals surface area contributed by atoms with E-state index in [9.17, 15) is 4.79 Å². The Kier molecular flexibility index (Phi) is 4.78. The molecular formula is C5H4BrCl3O2. The Morgan fingerprint density at radius 3 is 2.09 bits per heavy atom. The minimum atomic E-state index is -1.56. The molecular weight excluding hydrogens is 278 g/mol. The fraction of sp³-hybridized carbons (Fsp3) is 0.400. The van der Waals surface area contributed by atoms with Crippen molar-refractivity contribution in [2.75, 3.05) is 0 Å². The van der Waals surface area contributed by atoms with Crippen LogP contribution in [0.25, 0.3) is 0 Å². The zero-order valence-electron chi connectivity index (χ0n) is 5.15. The maximum Gasteiger partial charge on any atom is 0.332 e. The lowest BCUT2D eigenvalue weighted by Gasteiger charge is -2.09. The van der Waals surface area contributed by atoms with Gasteiger partial charge in [-0.05, 0) is 4.99 Å². The molecule has 0 unspecified atom stereocenters. The van der Waals surface area contributed by atoms with Gasteiger partial charge in [-0.2, -0.15) is 0 Å². The number of aliphatic carboxylic acids is 1. The molecule has 0 spiro atoms. The summed E-state index contributed by atoms with van der Waals surface area (Å²) in [5.74, 6) is -1.10. The first-order valence-electron chi connectivity index (χ1n) is 2.46. The van der Waals surface area contributed by atoms with E-state index in [4.69, 9.17) is 39.9 Å². The second-order valence-electron chi connectivity index (χ2n) is 1.73. The Bertz CT molecular complexity index is 185. The van der Waals surface area contributed by atoms with E-state index in [-0.39, 0.29) is 12.0 Å². The van der Waals surface area contributed by atoms with Crippen molar-refractivity contribution < 1.29 is 9.90 Å². The highest BCUT2D eigenvalue weighted by Gasteiger charge is 2.24. The Hall–Kier alpha value is 0.560. The van der Waals surface area contributed by atoms with Gasteiger partial charge < -0.3 is 5.11 Å². The summed E-state index contributed by atoms with van der Waals surface area (Å²) in [6.45, 7) is 0. The van der Waals surface area contributed by atoms with Gasteiger partial charge in [0, 0.05) is 12.0 Å². The summed E-state index contributed by atoms with van der Waals surface area (Å²) in [5.41, 5.74) is 0.0185. The highest BCUT2D eigenvalue weighted by Crippen LogP contribution is 2.33. The van der Waals surface area contributed by atoms with Crippen LogP contribution >= 0.6 is 50.7 Å². The van der Waals surface area contributed by atoms with Crippen LogP contribution in [-0.2, 0) is 4.79 Å². The summed E-state index contributed by atoms with van der Waals surface area (Å²) in [6, 6.07) is 0. The van der Waals surface area contributed by atoms with Gasteiger partial charge in [0.05, 0.1) is 0 Å². The highest BCUT2D eigenvalue weighted by molar-refractivity contribution is 9.11. The first kappa shape index (κ1) is 11.6. The van der Waals surface area contributed by atoms with Gasteiger partial charge in [-0.1, -0.05) is 50.7 Å². The van der Waals surface area contributed by atoms with Crippen LogP contribution in [0, 0.1) is 0 Å². The van der Waals surface area contributed by atoms with Gasteiger partial charge in [0.15, 0.2) is 3.79 Å². The zero-order valence-corrected chi connectivity index (χ0v) is 9.01. The summed E-state index contributed by atoms with van der Waals surface area (Å²) < 4.78 is -1.56. The molecule has 0 heterocycles. The summed E-state index contributed by atoms with van der Waals surface area (Å²) in [6.07, 6.45) is -0.127. The minimum absolute atomic E-state index is 0.0185. The molecule has 0 amide bonds. The Labute approximate surface area is 87.2 Å². The molecule has 64 valence electrons. The Balaban J connectivity index is 4.24. The number of hydrogen-bond donors (Lipinski definition) is 1. The largest absolute Gasteiger partial charge is 0.478 e. The van der Waals surface area contributed by atoms with Crippen molar-refractivity contribution in [1.82, 2.24) is 0 Å². The van der Waals surface area contributed by atoms with Gasteiger partial charge in [-0.15, -0.1) is 0 Å². The molecule has 0 saturated heterocycles. The van der Waals surface area contributed by atoms with Crippen LogP contribution in [0.2, 0.25) is 0 Å². The topological polar surface area (TPSA) is 37.3 Å². The summed E-state index contributed by atoms with van der Waals surface area (Å²) in [5, 5.41) is 8.46. The van der Waals surface area contributed by atoms with Gasteiger partial charge >= 0.3 is 5.97 Å². The van der Waals surface area contributed by atoms with Gasteiger partial charge in [0.1, 0.15) is 0 Å². The van der Waals surface area contributed by atoms with E-state index < -0.39 is 9.76 Å². The predicted octanol–water partition coefficient (Wildman–Crippen LogP) is 3.11. The molecule has 0 aliphatic heterocycles. The number of alkyl halides is 3. The molecule has 0 aliphatic carbocycles. The quantitative estimate of drug-likeness (QED) is 0.624. The molecule has 0 atom stereocenters. The fourth-order valence-electron chi connectivity index (χ4n) is 0.377. The lowest BCUT2D eigenvalue weighted by molar-refractivity contribution is -0.132. The van der Waals surface area contributed by atoms with Crippen LogP contribution in [0.15, 0.2) is 10.6 Å². The van der Waals surface area contributed by atoms with Crippen LogP contribution in [0.4, 0.5) is 0 Å². The number of carboxylic acid groups (broad SMARTS) is 1. The first-order valence-corrected chi connectivity index (χ1v) is 4.51. The van der Waals surface area contributed by atoms with Crippen molar-refractivity contribution >= 4 is 56.7 Å². The normalized spacial score (nSPS) is 13.3. The molecule has 1 N–H and O–H groups in total. The molecule has 0 aromatic rings. The van der Waals surface area contributed by atoms with Gasteiger partial charge in [-0.3, -0.25) is 0 Å². The van der Waals surface area contributed by atoms with E-state index in [2.05, 4.69) is 15.9 Å². The van der Waals surface area contributed by atoms with Crippen molar-refractivity contribution in [2.45, 2.75) is 10.2 Å². The molecule has 0 fully saturated rings. The SMILES string of the molecule is O=C(O)/C(=C\Br)CC(Cl)(Cl)Cl. The number of carboxylic acids is 1. The van der Waals surface area contributed by atoms with E-state index in [1.54, 1.807) is 0 Å². The maximum atomic E-state index is 10.3. The molecule has 0 bridgehead atoms. The average molecular weight is 282 g/mol. The third kappa shape index (κ3) is 5.79. The molecule has 2 nitrogen and oxygen atoms in total. The van der Waals surface area contributed by atoms with Crippen molar-refractivity contribution in [2.24, 2.45) is 0 Å². The Morgan fingerprint density at radius 2 is 2.00 bits per heavy atom. The van der Waals surface area contributed by atoms with E-state index in [0.717, 1.165) is 0 Å². The molecule has 0 radical (unpaired) electrons. The summed E-state index contributed by atoms with van der Waals surface area (Å²) in [7, 11) is 0. The van der Waals surface area contributed by atoms with Crippen LogP contribution in [0.5, 0.6) is 0 Å². The average Bonchev–Trinajstić information content (AvgIpc) is 1.80. The number of carbonyl (C=O) groups is 1. The lowest BCUT2D eigenvalue weighted by Crippen LogP contribution is -2.09. The van der Waals surface area contributed by atoms with E-state index in [1.165, 1.54) is 4.99 Å². The minimum Gasteiger partial charge on any atom is -0.478 e. The first-order chi connectivity index (χ1) is 4.87. The number of hydrogen-bond acceptors (Lipinski definition) is 1. The highest BCUT2D eigenvalue weighted by atomic mass is 79.9. The van der Waals surface area contributed by atoms with Crippen LogP contribution in [0.3, 0.4) is 0 Å². The van der Waals surface area contributed by atoms with E-state index in [0.29, 0.717) is 0 Å². The number of rotatable bonds is 2. The standard InChI is InChI=1S/C5H4BrCl3O2/c6-2-3(4(10)11)1-5(7,8)9/h2H,1H2,(H,10,11)/b3-2-. The van der Waals surface area contributed by atoms with Crippen molar-refractivity contribution in [1.29, 1.82) is 0 Å². The second kappa shape index (κ2) is 4.55. The van der Waals surface area contributed by atoms with Crippen LogP contribution < -0.4 is 0 Å². The molecule has 6 heteroatoms. The molecule has 0 rings (SSSR count). The predicted molar refractivity (Wildman–Crippen MR) is 49.6 cm³/mol. The Morgan fingerprint density at radius 1 is 1.55 bits per heavy atom. The fourth-order valence-corrected chi connectivity index (χ4v) is 1.17. The molecule has 0 saturated carbocycles. The van der Waals surface area contributed by atoms with Gasteiger partial charge in [-0.25, -0.2) is 4.79 Å². The summed E-state index contributed by atoms with van der Waals surface area (Å²) in [4.78, 5) is 11.6. The third-order valence-corrected chi connectivity index (χ3v) is 1.75. The van der Waals surface area contributed by atoms with Crippen molar-refractivity contribution in [3.8, 4) is 0 Å². The molecule has 0 aromatic heterocycles. The van der Waals surface area contributed by atoms with E-state index in [1.807, 2.05) is 0 Å². The maximum absolute atomic E-state index is 10.3. The monoisotopic (exact) mass is 280 g/mol.